The maximum Gasteiger partial charge on any atom is 0.325 e. The summed E-state index contributed by atoms with van der Waals surface area (Å²) in [7, 11) is 0. The number of imide groups is 1. The van der Waals surface area contributed by atoms with Crippen molar-refractivity contribution in [2.75, 3.05) is 6.54 Å². The number of rotatable bonds is 5. The minimum Gasteiger partial charge on any atom is -0.350 e. The second kappa shape index (κ2) is 6.74. The molecule has 2 N–H and O–H groups in total. The van der Waals surface area contributed by atoms with E-state index in [9.17, 15) is 14.4 Å². The van der Waals surface area contributed by atoms with Crippen molar-refractivity contribution >= 4 is 17.8 Å². The van der Waals surface area contributed by atoms with E-state index in [1.807, 2.05) is 6.20 Å². The van der Waals surface area contributed by atoms with Crippen molar-refractivity contribution in [3.8, 4) is 0 Å². The average molecular weight is 359 g/mol. The highest BCUT2D eigenvalue weighted by atomic mass is 16.2. The molecule has 0 bridgehead atoms. The number of imidazole rings is 1. The summed E-state index contributed by atoms with van der Waals surface area (Å²) in [5.41, 5.74) is 0.303. The Kier molecular flexibility index (Phi) is 4.42. The largest absolute Gasteiger partial charge is 0.350 e. The summed E-state index contributed by atoms with van der Waals surface area (Å²) < 4.78 is 2.17. The maximum absolute atomic E-state index is 12.6. The van der Waals surface area contributed by atoms with Crippen LogP contribution in [0.25, 0.3) is 0 Å². The maximum atomic E-state index is 12.6. The Bertz CT molecular complexity index is 735. The summed E-state index contributed by atoms with van der Waals surface area (Å²) in [5.74, 6) is 0.753. The van der Waals surface area contributed by atoms with Gasteiger partial charge in [0.15, 0.2) is 0 Å². The Labute approximate surface area is 152 Å². The van der Waals surface area contributed by atoms with Crippen molar-refractivity contribution in [2.45, 2.75) is 70.0 Å². The molecule has 2 aliphatic heterocycles. The molecule has 8 heteroatoms. The van der Waals surface area contributed by atoms with Gasteiger partial charge in [-0.15, -0.1) is 0 Å². The highest BCUT2D eigenvalue weighted by molar-refractivity contribution is 6.07. The van der Waals surface area contributed by atoms with Crippen LogP contribution in [0.2, 0.25) is 0 Å². The summed E-state index contributed by atoms with van der Waals surface area (Å²) in [5, 5.41) is 5.72. The summed E-state index contributed by atoms with van der Waals surface area (Å²) in [6, 6.07) is -0.366. The lowest BCUT2D eigenvalue weighted by Gasteiger charge is -2.20. The van der Waals surface area contributed by atoms with Crippen LogP contribution in [-0.2, 0) is 29.1 Å². The first-order valence-corrected chi connectivity index (χ1v) is 9.53. The summed E-state index contributed by atoms with van der Waals surface area (Å²) >= 11 is 0. The molecule has 0 atom stereocenters. The topological polar surface area (TPSA) is 96.3 Å². The summed E-state index contributed by atoms with van der Waals surface area (Å²) in [6.07, 6.45) is 8.54. The summed E-state index contributed by atoms with van der Waals surface area (Å²) in [4.78, 5) is 42.5. The zero-order valence-electron chi connectivity index (χ0n) is 14.9. The van der Waals surface area contributed by atoms with Crippen LogP contribution in [0.1, 0.15) is 56.5 Å². The van der Waals surface area contributed by atoms with Gasteiger partial charge in [0.05, 0.1) is 18.4 Å². The number of amides is 4. The van der Waals surface area contributed by atoms with Gasteiger partial charge in [0.1, 0.15) is 11.4 Å². The molecule has 1 spiro atoms. The molecular weight excluding hydrogens is 334 g/mol. The van der Waals surface area contributed by atoms with Crippen molar-refractivity contribution in [1.82, 2.24) is 25.1 Å². The number of urea groups is 1. The molecule has 2 fully saturated rings. The van der Waals surface area contributed by atoms with E-state index < -0.39 is 5.54 Å². The van der Waals surface area contributed by atoms with E-state index in [2.05, 4.69) is 20.2 Å². The third kappa shape index (κ3) is 2.97. The van der Waals surface area contributed by atoms with Gasteiger partial charge in [-0.25, -0.2) is 9.78 Å². The van der Waals surface area contributed by atoms with Gasteiger partial charge in [-0.2, -0.15) is 0 Å². The molecule has 4 rings (SSSR count). The molecule has 0 radical (unpaired) electrons. The molecule has 8 nitrogen and oxygen atoms in total. The van der Waals surface area contributed by atoms with Crippen molar-refractivity contribution < 1.29 is 14.4 Å². The normalized spacial score (nSPS) is 21.2. The molecule has 26 heavy (non-hydrogen) atoms. The van der Waals surface area contributed by atoms with Crippen LogP contribution < -0.4 is 10.6 Å². The Balaban J connectivity index is 1.28. The predicted molar refractivity (Wildman–Crippen MR) is 93.1 cm³/mol. The molecule has 3 heterocycles. The number of carbonyl (C=O) groups excluding carboxylic acids is 3. The highest BCUT2D eigenvalue weighted by Gasteiger charge is 2.52. The standard InChI is InChI=1S/C18H25N5O3/c24-15(20-12-13-11-19-14-5-1-4-9-22(13)14)6-10-23-16(25)18(21-17(23)26)7-2-3-8-18/h11H,1-10,12H2,(H,20,24)(H,21,26). The second-order valence-corrected chi connectivity index (χ2v) is 7.48. The zero-order chi connectivity index (χ0) is 18.1. The van der Waals surface area contributed by atoms with Crippen molar-refractivity contribution in [3.63, 3.8) is 0 Å². The van der Waals surface area contributed by atoms with Crippen LogP contribution in [0.4, 0.5) is 4.79 Å². The number of aromatic nitrogens is 2. The van der Waals surface area contributed by atoms with Gasteiger partial charge >= 0.3 is 6.03 Å². The SMILES string of the molecule is O=C(CCN1C(=O)NC2(CCCC2)C1=O)NCc1cnc2n1CCCC2. The van der Waals surface area contributed by atoms with Crippen LogP contribution in [-0.4, -0.2) is 44.4 Å². The molecule has 1 aromatic heterocycles. The van der Waals surface area contributed by atoms with Gasteiger partial charge in [0.2, 0.25) is 5.91 Å². The molecule has 1 saturated carbocycles. The zero-order valence-corrected chi connectivity index (χ0v) is 14.9. The van der Waals surface area contributed by atoms with Crippen molar-refractivity contribution in [2.24, 2.45) is 0 Å². The molecule has 3 aliphatic rings. The molecule has 0 aromatic carbocycles. The monoisotopic (exact) mass is 359 g/mol. The fourth-order valence-corrected chi connectivity index (χ4v) is 4.31. The van der Waals surface area contributed by atoms with E-state index in [0.717, 1.165) is 50.2 Å². The Morgan fingerprint density at radius 2 is 2.04 bits per heavy atom. The average Bonchev–Trinajstić information content (AvgIpc) is 3.32. The molecular formula is C18H25N5O3. The first kappa shape index (κ1) is 17.1. The number of nitrogens with one attached hydrogen (secondary N) is 2. The minimum atomic E-state index is -0.704. The Morgan fingerprint density at radius 1 is 1.23 bits per heavy atom. The van der Waals surface area contributed by atoms with Crippen LogP contribution in [0.3, 0.4) is 0 Å². The van der Waals surface area contributed by atoms with E-state index in [1.54, 1.807) is 0 Å². The third-order valence-corrected chi connectivity index (χ3v) is 5.79. The van der Waals surface area contributed by atoms with Gasteiger partial charge in [-0.3, -0.25) is 14.5 Å². The number of nitrogens with zero attached hydrogens (tertiary/aromatic N) is 3. The molecule has 1 saturated heterocycles. The van der Waals surface area contributed by atoms with E-state index in [-0.39, 0.29) is 30.8 Å². The first-order valence-electron chi connectivity index (χ1n) is 9.53. The van der Waals surface area contributed by atoms with Gasteiger partial charge in [0.25, 0.3) is 5.91 Å². The third-order valence-electron chi connectivity index (χ3n) is 5.79. The first-order chi connectivity index (χ1) is 12.6. The molecule has 1 aromatic rings. The molecule has 1 aliphatic carbocycles. The van der Waals surface area contributed by atoms with Crippen molar-refractivity contribution in [1.29, 1.82) is 0 Å². The molecule has 140 valence electrons. The lowest BCUT2D eigenvalue weighted by molar-refractivity contribution is -0.131. The van der Waals surface area contributed by atoms with Crippen LogP contribution in [0.15, 0.2) is 6.20 Å². The fourth-order valence-electron chi connectivity index (χ4n) is 4.31. The molecule has 4 amide bonds. The van der Waals surface area contributed by atoms with E-state index in [0.29, 0.717) is 19.4 Å². The Hall–Kier alpha value is -2.38. The number of aryl methyl sites for hydroxylation is 1. The number of hydrogen-bond donors (Lipinski definition) is 2. The predicted octanol–water partition coefficient (Wildman–Crippen LogP) is 1.09. The van der Waals surface area contributed by atoms with Gasteiger partial charge < -0.3 is 15.2 Å². The van der Waals surface area contributed by atoms with Crippen LogP contribution in [0.5, 0.6) is 0 Å². The summed E-state index contributed by atoms with van der Waals surface area (Å²) in [6.45, 7) is 1.50. The van der Waals surface area contributed by atoms with Gasteiger partial charge in [-0.1, -0.05) is 12.8 Å². The van der Waals surface area contributed by atoms with Crippen molar-refractivity contribution in [3.05, 3.63) is 17.7 Å². The molecule has 0 unspecified atom stereocenters. The number of fused-ring (bicyclic) bond motifs is 1. The smallest absolute Gasteiger partial charge is 0.325 e. The van der Waals surface area contributed by atoms with Crippen LogP contribution in [0, 0.1) is 0 Å². The Morgan fingerprint density at radius 3 is 2.85 bits per heavy atom. The lowest BCUT2D eigenvalue weighted by atomic mass is 9.98. The van der Waals surface area contributed by atoms with E-state index in [1.165, 1.54) is 4.90 Å². The lowest BCUT2D eigenvalue weighted by Crippen LogP contribution is -2.44. The minimum absolute atomic E-state index is 0.121. The van der Waals surface area contributed by atoms with Gasteiger partial charge in [-0.05, 0) is 25.7 Å². The number of hydrogen-bond acceptors (Lipinski definition) is 4. The fraction of sp³-hybridized carbons (Fsp3) is 0.667. The van der Waals surface area contributed by atoms with E-state index in [4.69, 9.17) is 0 Å². The quantitative estimate of drug-likeness (QED) is 0.769. The number of carbonyl (C=O) groups is 3. The van der Waals surface area contributed by atoms with Crippen LogP contribution >= 0.6 is 0 Å². The highest BCUT2D eigenvalue weighted by Crippen LogP contribution is 2.35. The van der Waals surface area contributed by atoms with E-state index >= 15 is 0 Å². The second-order valence-electron chi connectivity index (χ2n) is 7.48. The van der Waals surface area contributed by atoms with Gasteiger partial charge in [0, 0.05) is 25.9 Å².